The molecule has 17 heavy (non-hydrogen) atoms. The summed E-state index contributed by atoms with van der Waals surface area (Å²) in [6, 6.07) is 5.47. The Labute approximate surface area is 98.6 Å². The van der Waals surface area contributed by atoms with Crippen molar-refractivity contribution in [2.24, 2.45) is 0 Å². The number of Topliss-reactive ketones (excluding diaryl/α,β-unsaturated/α-hetero) is 1. The van der Waals surface area contributed by atoms with Gasteiger partial charge in [-0.15, -0.1) is 0 Å². The Morgan fingerprint density at radius 1 is 1.29 bits per heavy atom. The van der Waals surface area contributed by atoms with Gasteiger partial charge in [-0.3, -0.25) is 0 Å². The van der Waals surface area contributed by atoms with Gasteiger partial charge in [0.15, 0.2) is 0 Å². The van der Waals surface area contributed by atoms with E-state index >= 15 is 0 Å². The van der Waals surface area contributed by atoms with Crippen LogP contribution in [0.3, 0.4) is 0 Å². The van der Waals surface area contributed by atoms with Crippen LogP contribution in [0.5, 0.6) is 0 Å². The predicted molar refractivity (Wildman–Crippen MR) is 59.8 cm³/mol. The second-order valence-corrected chi connectivity index (χ2v) is 4.10. The molecule has 0 fully saturated rings. The first-order valence-electron chi connectivity index (χ1n) is 5.51. The summed E-state index contributed by atoms with van der Waals surface area (Å²) in [5, 5.41) is 0. The lowest BCUT2D eigenvalue weighted by atomic mass is 9.88. The average molecular weight is 244 g/mol. The summed E-state index contributed by atoms with van der Waals surface area (Å²) in [5.74, 6) is -0.445. The lowest BCUT2D eigenvalue weighted by Gasteiger charge is -2.19. The Morgan fingerprint density at radius 2 is 1.88 bits per heavy atom. The molecular formula is C13H15F3O. The maximum absolute atomic E-state index is 12.8. The highest BCUT2D eigenvalue weighted by atomic mass is 19.4. The monoisotopic (exact) mass is 244 g/mol. The van der Waals surface area contributed by atoms with Crippen molar-refractivity contribution in [3.05, 3.63) is 35.4 Å². The molecule has 0 unspecified atom stereocenters. The van der Waals surface area contributed by atoms with Crippen molar-refractivity contribution in [2.75, 3.05) is 0 Å². The zero-order valence-electron chi connectivity index (χ0n) is 9.84. The largest absolute Gasteiger partial charge is 0.416 e. The van der Waals surface area contributed by atoms with Crippen LogP contribution in [0.15, 0.2) is 24.3 Å². The molecule has 4 heteroatoms. The standard InChI is InChI=1S/C13H15F3O/c1-3-10(8-9(2)17)11-6-4-5-7-12(11)13(14,15)16/h4-7,10H,3,8H2,1-2H3/t10-/m0/s1. The number of hydrogen-bond acceptors (Lipinski definition) is 1. The Balaban J connectivity index is 3.15. The molecule has 0 N–H and O–H groups in total. The third-order valence-electron chi connectivity index (χ3n) is 2.73. The van der Waals surface area contributed by atoms with E-state index in [0.717, 1.165) is 6.07 Å². The quantitative estimate of drug-likeness (QED) is 0.776. The molecular weight excluding hydrogens is 229 g/mol. The van der Waals surface area contributed by atoms with Gasteiger partial charge in [0.2, 0.25) is 0 Å². The fraction of sp³-hybridized carbons (Fsp3) is 0.462. The van der Waals surface area contributed by atoms with Gasteiger partial charge in [-0.1, -0.05) is 25.1 Å². The Bertz CT molecular complexity index is 396. The summed E-state index contributed by atoms with van der Waals surface area (Å²) in [4.78, 5) is 11.1. The maximum Gasteiger partial charge on any atom is 0.416 e. The molecule has 0 aliphatic heterocycles. The lowest BCUT2D eigenvalue weighted by Crippen LogP contribution is -2.13. The van der Waals surface area contributed by atoms with E-state index in [1.165, 1.54) is 19.1 Å². The van der Waals surface area contributed by atoms with Crippen LogP contribution in [-0.2, 0) is 11.0 Å². The van der Waals surface area contributed by atoms with Gasteiger partial charge in [-0.05, 0) is 30.9 Å². The van der Waals surface area contributed by atoms with Gasteiger partial charge >= 0.3 is 6.18 Å². The van der Waals surface area contributed by atoms with E-state index in [0.29, 0.717) is 6.42 Å². The first-order chi connectivity index (χ1) is 7.86. The van der Waals surface area contributed by atoms with E-state index in [-0.39, 0.29) is 23.7 Å². The van der Waals surface area contributed by atoms with Crippen LogP contribution in [0.4, 0.5) is 13.2 Å². The van der Waals surface area contributed by atoms with Gasteiger partial charge in [0.25, 0.3) is 0 Å². The van der Waals surface area contributed by atoms with E-state index in [2.05, 4.69) is 0 Å². The van der Waals surface area contributed by atoms with Crippen molar-refractivity contribution in [1.82, 2.24) is 0 Å². The molecule has 0 heterocycles. The highest BCUT2D eigenvalue weighted by Crippen LogP contribution is 2.37. The third kappa shape index (κ3) is 3.58. The molecule has 0 saturated heterocycles. The highest BCUT2D eigenvalue weighted by Gasteiger charge is 2.34. The van der Waals surface area contributed by atoms with Gasteiger partial charge in [0.1, 0.15) is 5.78 Å². The molecule has 0 aliphatic carbocycles. The van der Waals surface area contributed by atoms with Gasteiger partial charge in [-0.2, -0.15) is 13.2 Å². The number of ketones is 1. The molecule has 0 bridgehead atoms. The molecule has 1 nitrogen and oxygen atoms in total. The van der Waals surface area contributed by atoms with Crippen LogP contribution in [0.2, 0.25) is 0 Å². The molecule has 0 aromatic heterocycles. The third-order valence-corrected chi connectivity index (χ3v) is 2.73. The smallest absolute Gasteiger partial charge is 0.300 e. The first-order valence-corrected chi connectivity index (χ1v) is 5.51. The van der Waals surface area contributed by atoms with Crippen LogP contribution in [0.1, 0.15) is 43.7 Å². The molecule has 0 amide bonds. The topological polar surface area (TPSA) is 17.1 Å². The Morgan fingerprint density at radius 3 is 2.35 bits per heavy atom. The molecule has 0 saturated carbocycles. The summed E-state index contributed by atoms with van der Waals surface area (Å²) in [6.07, 6.45) is -3.68. The molecule has 1 rings (SSSR count). The van der Waals surface area contributed by atoms with Crippen LogP contribution in [-0.4, -0.2) is 5.78 Å². The fourth-order valence-corrected chi connectivity index (χ4v) is 1.93. The number of carbonyl (C=O) groups excluding carboxylic acids is 1. The number of rotatable bonds is 4. The number of benzene rings is 1. The van der Waals surface area contributed by atoms with Gasteiger partial charge < -0.3 is 4.79 Å². The Hall–Kier alpha value is -1.32. The van der Waals surface area contributed by atoms with Gasteiger partial charge in [0, 0.05) is 6.42 Å². The first kappa shape index (κ1) is 13.7. The maximum atomic E-state index is 12.8. The number of carbonyl (C=O) groups is 1. The van der Waals surface area contributed by atoms with Crippen molar-refractivity contribution in [1.29, 1.82) is 0 Å². The van der Waals surface area contributed by atoms with Crippen LogP contribution < -0.4 is 0 Å². The normalized spacial score (nSPS) is 13.5. The van der Waals surface area contributed by atoms with Crippen LogP contribution in [0, 0.1) is 0 Å². The van der Waals surface area contributed by atoms with E-state index in [9.17, 15) is 18.0 Å². The summed E-state index contributed by atoms with van der Waals surface area (Å²) in [6.45, 7) is 3.19. The minimum absolute atomic E-state index is 0.0890. The van der Waals surface area contributed by atoms with E-state index < -0.39 is 11.7 Å². The zero-order chi connectivity index (χ0) is 13.1. The van der Waals surface area contributed by atoms with Crippen molar-refractivity contribution < 1.29 is 18.0 Å². The van der Waals surface area contributed by atoms with Crippen molar-refractivity contribution in [2.45, 2.75) is 38.8 Å². The molecule has 1 aromatic carbocycles. The van der Waals surface area contributed by atoms with E-state index in [1.54, 1.807) is 13.0 Å². The van der Waals surface area contributed by atoms with Gasteiger partial charge in [-0.25, -0.2) is 0 Å². The summed E-state index contributed by atoms with van der Waals surface area (Å²) < 4.78 is 38.4. The van der Waals surface area contributed by atoms with E-state index in [4.69, 9.17) is 0 Å². The van der Waals surface area contributed by atoms with Crippen molar-refractivity contribution >= 4 is 5.78 Å². The second-order valence-electron chi connectivity index (χ2n) is 4.10. The van der Waals surface area contributed by atoms with Crippen molar-refractivity contribution in [3.63, 3.8) is 0 Å². The van der Waals surface area contributed by atoms with E-state index in [1.807, 2.05) is 0 Å². The second kappa shape index (κ2) is 5.34. The number of alkyl halides is 3. The zero-order valence-corrected chi connectivity index (χ0v) is 9.84. The molecule has 0 spiro atoms. The molecule has 0 radical (unpaired) electrons. The summed E-state index contributed by atoms with van der Waals surface area (Å²) >= 11 is 0. The van der Waals surface area contributed by atoms with Crippen LogP contribution >= 0.6 is 0 Å². The number of hydrogen-bond donors (Lipinski definition) is 0. The minimum atomic E-state index is -4.36. The average Bonchev–Trinajstić information content (AvgIpc) is 2.24. The Kier molecular flexibility index (Phi) is 4.32. The SMILES string of the molecule is CC[C@@H](CC(C)=O)c1ccccc1C(F)(F)F. The predicted octanol–water partition coefficient (Wildman–Crippen LogP) is 4.18. The molecule has 1 aromatic rings. The van der Waals surface area contributed by atoms with Gasteiger partial charge in [0.05, 0.1) is 5.56 Å². The van der Waals surface area contributed by atoms with Crippen LogP contribution in [0.25, 0.3) is 0 Å². The lowest BCUT2D eigenvalue weighted by molar-refractivity contribution is -0.138. The molecule has 0 aliphatic rings. The van der Waals surface area contributed by atoms with Crippen molar-refractivity contribution in [3.8, 4) is 0 Å². The highest BCUT2D eigenvalue weighted by molar-refractivity contribution is 5.76. The summed E-state index contributed by atoms with van der Waals surface area (Å²) in [5.41, 5.74) is -0.411. The molecule has 94 valence electrons. The fourth-order valence-electron chi connectivity index (χ4n) is 1.93. The molecule has 1 atom stereocenters. The number of halogens is 3. The summed E-state index contributed by atoms with van der Waals surface area (Å²) in [7, 11) is 0. The minimum Gasteiger partial charge on any atom is -0.300 e.